The van der Waals surface area contributed by atoms with E-state index in [0.717, 1.165) is 31.6 Å². The molecule has 0 spiro atoms. The largest absolute Gasteiger partial charge is 0.393 e. The molecule has 0 heterocycles. The monoisotopic (exact) mass is 258 g/mol. The van der Waals surface area contributed by atoms with E-state index < -0.39 is 0 Å². The smallest absolute Gasteiger partial charge is 0.0540 e. The van der Waals surface area contributed by atoms with Gasteiger partial charge in [0.15, 0.2) is 0 Å². The average Bonchev–Trinajstić information content (AvgIpc) is 2.49. The number of hydrogen-bond donors (Lipinski definition) is 1. The van der Waals surface area contributed by atoms with Crippen LogP contribution in [0.4, 0.5) is 0 Å². The summed E-state index contributed by atoms with van der Waals surface area (Å²) in [6.07, 6.45) is 11.3. The van der Waals surface area contributed by atoms with Crippen molar-refractivity contribution in [3.63, 3.8) is 0 Å². The Morgan fingerprint density at radius 3 is 1.95 bits per heavy atom. The van der Waals surface area contributed by atoms with E-state index in [2.05, 4.69) is 24.3 Å². The number of hydrogen-bond acceptors (Lipinski definition) is 1. The van der Waals surface area contributed by atoms with E-state index in [1.807, 2.05) is 0 Å². The van der Waals surface area contributed by atoms with Crippen molar-refractivity contribution in [1.29, 1.82) is 0 Å². The zero-order valence-corrected chi connectivity index (χ0v) is 11.9. The van der Waals surface area contributed by atoms with Gasteiger partial charge in [-0.3, -0.25) is 0 Å². The molecule has 2 aliphatic rings. The van der Waals surface area contributed by atoms with Gasteiger partial charge >= 0.3 is 0 Å². The van der Waals surface area contributed by atoms with Crippen molar-refractivity contribution in [2.24, 2.45) is 0 Å². The fourth-order valence-electron chi connectivity index (χ4n) is 3.91. The van der Waals surface area contributed by atoms with Crippen LogP contribution in [0, 0.1) is 0 Å². The van der Waals surface area contributed by atoms with E-state index in [1.54, 1.807) is 5.56 Å². The minimum absolute atomic E-state index is 0.0437. The summed E-state index contributed by atoms with van der Waals surface area (Å²) in [7, 11) is 0. The third-order valence-corrected chi connectivity index (χ3v) is 5.16. The molecule has 0 unspecified atom stereocenters. The molecule has 0 aliphatic heterocycles. The highest BCUT2D eigenvalue weighted by Gasteiger charge is 2.22. The van der Waals surface area contributed by atoms with E-state index in [4.69, 9.17) is 0 Å². The summed E-state index contributed by atoms with van der Waals surface area (Å²) in [5.41, 5.74) is 3.10. The van der Waals surface area contributed by atoms with Crippen molar-refractivity contribution in [2.75, 3.05) is 0 Å². The minimum atomic E-state index is -0.0437. The SMILES string of the molecule is OC1CCC(c2cccc(C3CCCCC3)c2)CC1. The molecule has 0 bridgehead atoms. The van der Waals surface area contributed by atoms with E-state index in [0.29, 0.717) is 5.92 Å². The Morgan fingerprint density at radius 1 is 0.737 bits per heavy atom. The number of rotatable bonds is 2. The molecule has 2 saturated carbocycles. The normalized spacial score (nSPS) is 29.3. The van der Waals surface area contributed by atoms with Gasteiger partial charge in [0.2, 0.25) is 0 Å². The fourth-order valence-corrected chi connectivity index (χ4v) is 3.91. The molecule has 0 saturated heterocycles. The summed E-state index contributed by atoms with van der Waals surface area (Å²) in [5.74, 6) is 1.50. The maximum absolute atomic E-state index is 9.63. The molecule has 2 fully saturated rings. The third kappa shape index (κ3) is 3.20. The van der Waals surface area contributed by atoms with Crippen molar-refractivity contribution in [2.45, 2.75) is 75.7 Å². The second kappa shape index (κ2) is 6.09. The summed E-state index contributed by atoms with van der Waals surface area (Å²) < 4.78 is 0. The van der Waals surface area contributed by atoms with Gasteiger partial charge in [0.1, 0.15) is 0 Å². The van der Waals surface area contributed by atoms with Gasteiger partial charge in [-0.15, -0.1) is 0 Å². The first-order valence-corrected chi connectivity index (χ1v) is 8.11. The van der Waals surface area contributed by atoms with Gasteiger partial charge in [0.05, 0.1) is 6.10 Å². The number of benzene rings is 1. The first-order chi connectivity index (χ1) is 9.33. The molecule has 1 heteroatoms. The lowest BCUT2D eigenvalue weighted by molar-refractivity contribution is 0.122. The number of aliphatic hydroxyl groups is 1. The highest BCUT2D eigenvalue weighted by Crippen LogP contribution is 2.37. The van der Waals surface area contributed by atoms with E-state index >= 15 is 0 Å². The van der Waals surface area contributed by atoms with Crippen molar-refractivity contribution in [3.8, 4) is 0 Å². The average molecular weight is 258 g/mol. The molecule has 104 valence electrons. The van der Waals surface area contributed by atoms with Gasteiger partial charge in [0.25, 0.3) is 0 Å². The minimum Gasteiger partial charge on any atom is -0.393 e. The van der Waals surface area contributed by atoms with Crippen molar-refractivity contribution in [3.05, 3.63) is 35.4 Å². The summed E-state index contributed by atoms with van der Waals surface area (Å²) in [6.45, 7) is 0. The van der Waals surface area contributed by atoms with Crippen LogP contribution in [0.1, 0.15) is 80.8 Å². The second-order valence-corrected chi connectivity index (χ2v) is 6.51. The summed E-state index contributed by atoms with van der Waals surface area (Å²) >= 11 is 0. The molecule has 1 N–H and O–H groups in total. The topological polar surface area (TPSA) is 20.2 Å². The molecule has 1 aromatic carbocycles. The molecule has 0 amide bonds. The van der Waals surface area contributed by atoms with Crippen LogP contribution in [-0.4, -0.2) is 11.2 Å². The Hall–Kier alpha value is -0.820. The quantitative estimate of drug-likeness (QED) is 0.811. The van der Waals surface area contributed by atoms with Gasteiger partial charge in [-0.2, -0.15) is 0 Å². The van der Waals surface area contributed by atoms with Crippen LogP contribution >= 0.6 is 0 Å². The lowest BCUT2D eigenvalue weighted by atomic mass is 9.79. The number of aliphatic hydroxyl groups excluding tert-OH is 1. The lowest BCUT2D eigenvalue weighted by Crippen LogP contribution is -2.17. The molecule has 1 aromatic rings. The van der Waals surface area contributed by atoms with Crippen LogP contribution in [0.5, 0.6) is 0 Å². The van der Waals surface area contributed by atoms with Gasteiger partial charge in [-0.05, 0) is 61.5 Å². The molecule has 1 nitrogen and oxygen atoms in total. The first-order valence-electron chi connectivity index (χ1n) is 8.11. The van der Waals surface area contributed by atoms with Crippen molar-refractivity contribution in [1.82, 2.24) is 0 Å². The summed E-state index contributed by atoms with van der Waals surface area (Å²) in [5, 5.41) is 9.63. The van der Waals surface area contributed by atoms with Crippen LogP contribution in [0.3, 0.4) is 0 Å². The summed E-state index contributed by atoms with van der Waals surface area (Å²) in [4.78, 5) is 0. The van der Waals surface area contributed by atoms with Crippen LogP contribution in [0.15, 0.2) is 24.3 Å². The Bertz CT molecular complexity index is 398. The maximum atomic E-state index is 9.63. The van der Waals surface area contributed by atoms with E-state index in [9.17, 15) is 5.11 Å². The second-order valence-electron chi connectivity index (χ2n) is 6.51. The Kier molecular flexibility index (Phi) is 4.22. The Morgan fingerprint density at radius 2 is 1.32 bits per heavy atom. The molecule has 0 radical (unpaired) electrons. The van der Waals surface area contributed by atoms with Crippen LogP contribution in [0.25, 0.3) is 0 Å². The molecule has 3 rings (SSSR count). The maximum Gasteiger partial charge on any atom is 0.0540 e. The molecule has 0 atom stereocenters. The highest BCUT2D eigenvalue weighted by atomic mass is 16.3. The molecular formula is C18H26O. The van der Waals surface area contributed by atoms with Crippen LogP contribution in [0.2, 0.25) is 0 Å². The van der Waals surface area contributed by atoms with Gasteiger partial charge in [0, 0.05) is 0 Å². The zero-order valence-electron chi connectivity index (χ0n) is 11.9. The highest BCUT2D eigenvalue weighted by molar-refractivity contribution is 5.29. The molecule has 19 heavy (non-hydrogen) atoms. The van der Waals surface area contributed by atoms with Gasteiger partial charge in [-0.1, -0.05) is 43.5 Å². The fraction of sp³-hybridized carbons (Fsp3) is 0.667. The van der Waals surface area contributed by atoms with E-state index in [-0.39, 0.29) is 6.10 Å². The Labute approximate surface area is 117 Å². The first kappa shape index (κ1) is 13.2. The van der Waals surface area contributed by atoms with Gasteiger partial charge in [-0.25, -0.2) is 0 Å². The molecular weight excluding hydrogens is 232 g/mol. The standard InChI is InChI=1S/C18H26O/c19-18-11-9-15(10-12-18)17-8-4-7-16(13-17)14-5-2-1-3-6-14/h4,7-8,13-15,18-19H,1-3,5-6,9-12H2. The van der Waals surface area contributed by atoms with Crippen LogP contribution < -0.4 is 0 Å². The lowest BCUT2D eigenvalue weighted by Gasteiger charge is -2.27. The van der Waals surface area contributed by atoms with Crippen molar-refractivity contribution >= 4 is 0 Å². The predicted molar refractivity (Wildman–Crippen MR) is 79.5 cm³/mol. The Balaban J connectivity index is 1.72. The third-order valence-electron chi connectivity index (χ3n) is 5.16. The summed E-state index contributed by atoms with van der Waals surface area (Å²) in [6, 6.07) is 9.36. The predicted octanol–water partition coefficient (Wildman–Crippen LogP) is 4.75. The van der Waals surface area contributed by atoms with Crippen molar-refractivity contribution < 1.29 is 5.11 Å². The molecule has 2 aliphatic carbocycles. The van der Waals surface area contributed by atoms with Gasteiger partial charge < -0.3 is 5.11 Å². The van der Waals surface area contributed by atoms with E-state index in [1.165, 1.54) is 37.7 Å². The molecule has 0 aromatic heterocycles. The zero-order chi connectivity index (χ0) is 13.1. The van der Waals surface area contributed by atoms with Crippen LogP contribution in [-0.2, 0) is 0 Å².